The number of hydrogen-bond acceptors (Lipinski definition) is 3. The monoisotopic (exact) mass is 233 g/mol. The van der Waals surface area contributed by atoms with Crippen LogP contribution < -0.4 is 5.32 Å². The molecule has 0 radical (unpaired) electrons. The number of anilines is 1. The van der Waals surface area contributed by atoms with E-state index in [1.165, 1.54) is 0 Å². The van der Waals surface area contributed by atoms with Crippen LogP contribution in [0.25, 0.3) is 11.0 Å². The van der Waals surface area contributed by atoms with Crippen LogP contribution in [-0.2, 0) is 0 Å². The lowest BCUT2D eigenvalue weighted by molar-refractivity contribution is 0.0237. The number of fused-ring (bicyclic) bond motifs is 1. The van der Waals surface area contributed by atoms with Crippen molar-refractivity contribution in [2.24, 2.45) is 0 Å². The first kappa shape index (κ1) is 11.9. The van der Waals surface area contributed by atoms with Crippen LogP contribution in [-0.4, -0.2) is 26.2 Å². The van der Waals surface area contributed by atoms with Crippen LogP contribution in [0, 0.1) is 0 Å². The molecule has 17 heavy (non-hydrogen) atoms. The Morgan fingerprint density at radius 1 is 1.18 bits per heavy atom. The normalized spacial score (nSPS) is 13.0. The van der Waals surface area contributed by atoms with E-state index in [1.54, 1.807) is 13.8 Å². The molecule has 0 bridgehead atoms. The highest BCUT2D eigenvalue weighted by molar-refractivity contribution is 5.77. The van der Waals surface area contributed by atoms with Crippen LogP contribution in [0.2, 0.25) is 0 Å². The molecule has 0 atom stereocenters. The summed E-state index contributed by atoms with van der Waals surface area (Å²) < 4.78 is 0. The molecule has 0 aliphatic rings. The zero-order valence-electron chi connectivity index (χ0n) is 10.7. The van der Waals surface area contributed by atoms with E-state index in [2.05, 4.69) is 15.3 Å². The summed E-state index contributed by atoms with van der Waals surface area (Å²) in [7, 11) is 0. The summed E-state index contributed by atoms with van der Waals surface area (Å²) in [6, 6.07) is 7.85. The maximum atomic E-state index is 10.1. The third-order valence-electron chi connectivity index (χ3n) is 3.35. The summed E-state index contributed by atoms with van der Waals surface area (Å²) in [5.74, 6) is 0.679. The number of aromatic amines is 1. The smallest absolute Gasteiger partial charge is 0.201 e. The van der Waals surface area contributed by atoms with Gasteiger partial charge in [0.25, 0.3) is 0 Å². The number of hydrogen-bond donors (Lipinski definition) is 3. The minimum Gasteiger partial charge on any atom is -0.388 e. The van der Waals surface area contributed by atoms with Crippen LogP contribution in [0.5, 0.6) is 0 Å². The van der Waals surface area contributed by atoms with E-state index in [9.17, 15) is 5.11 Å². The molecule has 4 nitrogen and oxygen atoms in total. The van der Waals surface area contributed by atoms with Crippen LogP contribution in [0.1, 0.15) is 27.7 Å². The van der Waals surface area contributed by atoms with Crippen molar-refractivity contribution in [1.29, 1.82) is 0 Å². The Morgan fingerprint density at radius 2 is 1.82 bits per heavy atom. The van der Waals surface area contributed by atoms with Gasteiger partial charge in [0.1, 0.15) is 0 Å². The number of imidazole rings is 1. The SMILES string of the molecule is CC(C)(O)C(C)(C)Nc1nc2ccccc2[nH]1. The molecule has 2 aromatic rings. The fourth-order valence-electron chi connectivity index (χ4n) is 1.46. The Balaban J connectivity index is 2.30. The molecule has 1 aromatic heterocycles. The number of nitrogens with one attached hydrogen (secondary N) is 2. The summed E-state index contributed by atoms with van der Waals surface area (Å²) in [5.41, 5.74) is 0.593. The van der Waals surface area contributed by atoms with E-state index >= 15 is 0 Å². The summed E-state index contributed by atoms with van der Waals surface area (Å²) in [4.78, 5) is 7.62. The van der Waals surface area contributed by atoms with E-state index in [0.29, 0.717) is 5.95 Å². The summed E-state index contributed by atoms with van der Waals surface area (Å²) in [5, 5.41) is 13.3. The van der Waals surface area contributed by atoms with Gasteiger partial charge in [-0.25, -0.2) is 4.98 Å². The minimum atomic E-state index is -0.841. The van der Waals surface area contributed by atoms with E-state index in [1.807, 2.05) is 38.1 Å². The molecule has 4 heteroatoms. The molecule has 0 unspecified atom stereocenters. The van der Waals surface area contributed by atoms with Gasteiger partial charge >= 0.3 is 0 Å². The van der Waals surface area contributed by atoms with Gasteiger partial charge in [-0.3, -0.25) is 0 Å². The molecule has 0 fully saturated rings. The van der Waals surface area contributed by atoms with E-state index in [-0.39, 0.29) is 0 Å². The highest BCUT2D eigenvalue weighted by Gasteiger charge is 2.35. The van der Waals surface area contributed by atoms with Gasteiger partial charge in [0.15, 0.2) is 0 Å². The molecule has 0 amide bonds. The van der Waals surface area contributed by atoms with Gasteiger partial charge in [0.2, 0.25) is 5.95 Å². The van der Waals surface area contributed by atoms with E-state index < -0.39 is 11.1 Å². The van der Waals surface area contributed by atoms with Crippen molar-refractivity contribution in [3.63, 3.8) is 0 Å². The molecular formula is C13H19N3O. The highest BCUT2D eigenvalue weighted by atomic mass is 16.3. The second-order valence-electron chi connectivity index (χ2n) is 5.41. The number of aromatic nitrogens is 2. The second kappa shape index (κ2) is 3.74. The number of aliphatic hydroxyl groups is 1. The predicted octanol–water partition coefficient (Wildman–Crippen LogP) is 2.52. The number of nitrogens with zero attached hydrogens (tertiary/aromatic N) is 1. The number of H-pyrrole nitrogens is 1. The molecule has 92 valence electrons. The first-order valence-corrected chi connectivity index (χ1v) is 5.75. The molecule has 0 spiro atoms. The third kappa shape index (κ3) is 2.26. The molecule has 3 N–H and O–H groups in total. The van der Waals surface area contributed by atoms with Crippen LogP contribution in [0.15, 0.2) is 24.3 Å². The van der Waals surface area contributed by atoms with Crippen molar-refractivity contribution in [1.82, 2.24) is 9.97 Å². The zero-order valence-corrected chi connectivity index (χ0v) is 10.7. The van der Waals surface area contributed by atoms with Crippen molar-refractivity contribution < 1.29 is 5.11 Å². The Labute approximate surface area is 101 Å². The van der Waals surface area contributed by atoms with E-state index in [0.717, 1.165) is 11.0 Å². The molecule has 0 saturated carbocycles. The lowest BCUT2D eigenvalue weighted by atomic mass is 9.86. The Hall–Kier alpha value is -1.55. The van der Waals surface area contributed by atoms with Crippen molar-refractivity contribution in [3.8, 4) is 0 Å². The van der Waals surface area contributed by atoms with Crippen LogP contribution in [0.4, 0.5) is 5.95 Å². The summed E-state index contributed by atoms with van der Waals surface area (Å²) in [6.07, 6.45) is 0. The fourth-order valence-corrected chi connectivity index (χ4v) is 1.46. The highest BCUT2D eigenvalue weighted by Crippen LogP contribution is 2.25. The standard InChI is InChI=1S/C13H19N3O/c1-12(2,13(3,4)17)16-11-14-9-7-5-6-8-10(9)15-11/h5-8,17H,1-4H3,(H2,14,15,16). The van der Waals surface area contributed by atoms with Crippen molar-refractivity contribution in [3.05, 3.63) is 24.3 Å². The maximum absolute atomic E-state index is 10.1. The van der Waals surface area contributed by atoms with Crippen molar-refractivity contribution in [2.45, 2.75) is 38.8 Å². The molecule has 0 aliphatic carbocycles. The zero-order chi connectivity index (χ0) is 12.7. The van der Waals surface area contributed by atoms with Gasteiger partial charge in [0.05, 0.1) is 22.2 Å². The van der Waals surface area contributed by atoms with Gasteiger partial charge in [-0.2, -0.15) is 0 Å². The third-order valence-corrected chi connectivity index (χ3v) is 3.35. The lowest BCUT2D eigenvalue weighted by Crippen LogP contribution is -2.51. The van der Waals surface area contributed by atoms with Crippen LogP contribution in [0.3, 0.4) is 0 Å². The molecule has 0 saturated heterocycles. The average Bonchev–Trinajstić information content (AvgIpc) is 2.56. The summed E-state index contributed by atoms with van der Waals surface area (Å²) in [6.45, 7) is 7.45. The Morgan fingerprint density at radius 3 is 2.41 bits per heavy atom. The number of benzene rings is 1. The molecular weight excluding hydrogens is 214 g/mol. The number of para-hydroxylation sites is 2. The first-order chi connectivity index (χ1) is 7.79. The van der Waals surface area contributed by atoms with E-state index in [4.69, 9.17) is 0 Å². The maximum Gasteiger partial charge on any atom is 0.201 e. The van der Waals surface area contributed by atoms with Gasteiger partial charge < -0.3 is 15.4 Å². The first-order valence-electron chi connectivity index (χ1n) is 5.75. The molecule has 0 aliphatic heterocycles. The molecule has 1 heterocycles. The molecule has 1 aromatic carbocycles. The van der Waals surface area contributed by atoms with Crippen molar-refractivity contribution in [2.75, 3.05) is 5.32 Å². The topological polar surface area (TPSA) is 60.9 Å². The van der Waals surface area contributed by atoms with Gasteiger partial charge in [-0.1, -0.05) is 12.1 Å². The lowest BCUT2D eigenvalue weighted by Gasteiger charge is -2.37. The largest absolute Gasteiger partial charge is 0.388 e. The number of rotatable bonds is 3. The average molecular weight is 233 g/mol. The van der Waals surface area contributed by atoms with Gasteiger partial charge in [0, 0.05) is 0 Å². The van der Waals surface area contributed by atoms with Crippen LogP contribution >= 0.6 is 0 Å². The summed E-state index contributed by atoms with van der Waals surface area (Å²) >= 11 is 0. The van der Waals surface area contributed by atoms with Gasteiger partial charge in [-0.15, -0.1) is 0 Å². The quantitative estimate of drug-likeness (QED) is 0.763. The Bertz CT molecular complexity index is 490. The molecule has 2 rings (SSSR count). The predicted molar refractivity (Wildman–Crippen MR) is 70.1 cm³/mol. The van der Waals surface area contributed by atoms with Gasteiger partial charge in [-0.05, 0) is 39.8 Å². The minimum absolute atomic E-state index is 0.471. The Kier molecular flexibility index (Phi) is 2.62. The fraction of sp³-hybridized carbons (Fsp3) is 0.462. The second-order valence-corrected chi connectivity index (χ2v) is 5.41. The van der Waals surface area contributed by atoms with Crippen molar-refractivity contribution >= 4 is 17.0 Å².